The number of fused-ring (bicyclic) bond motifs is 1. The van der Waals surface area contributed by atoms with Crippen LogP contribution in [-0.4, -0.2) is 44.9 Å². The van der Waals surface area contributed by atoms with Gasteiger partial charge in [0, 0.05) is 21.9 Å². The van der Waals surface area contributed by atoms with Gasteiger partial charge in [0.2, 0.25) is 6.04 Å². The number of pyridine rings is 1. The number of nitrogen functional groups attached to an aromatic ring is 1. The quantitative estimate of drug-likeness (QED) is 0.288. The van der Waals surface area contributed by atoms with E-state index in [2.05, 4.69) is 15.5 Å². The molecule has 1 fully saturated rings. The molecule has 0 spiro atoms. The van der Waals surface area contributed by atoms with Crippen LogP contribution < -0.4 is 15.6 Å². The van der Waals surface area contributed by atoms with E-state index in [-0.39, 0.29) is 20.9 Å². The van der Waals surface area contributed by atoms with Crippen LogP contribution in [0, 0.1) is 4.91 Å². The van der Waals surface area contributed by atoms with Gasteiger partial charge < -0.3 is 16.2 Å². The number of aromatic nitrogens is 2. The summed E-state index contributed by atoms with van der Waals surface area (Å²) in [5, 5.41) is 15.2. The highest BCUT2D eigenvalue weighted by Gasteiger charge is 2.54. The van der Waals surface area contributed by atoms with Gasteiger partial charge >= 0.3 is 5.97 Å². The molecule has 33 heavy (non-hydrogen) atoms. The van der Waals surface area contributed by atoms with Crippen LogP contribution >= 0.6 is 34.7 Å². The summed E-state index contributed by atoms with van der Waals surface area (Å²) in [7, 11) is 1.87. The highest BCUT2D eigenvalue weighted by atomic mass is 35.5. The lowest BCUT2D eigenvalue weighted by molar-refractivity contribution is -0.671. The molecule has 0 radical (unpaired) electrons. The Balaban J connectivity index is 1.52. The molecule has 4 N–H and O–H groups in total. The van der Waals surface area contributed by atoms with E-state index in [9.17, 15) is 24.4 Å². The lowest BCUT2D eigenvalue weighted by Gasteiger charge is -2.50. The molecule has 2 amide bonds. The summed E-state index contributed by atoms with van der Waals surface area (Å²) in [6.45, 7) is 0. The molecule has 2 aliphatic rings. The van der Waals surface area contributed by atoms with Gasteiger partial charge in [-0.3, -0.25) is 14.5 Å². The molecule has 2 aromatic rings. The fourth-order valence-corrected chi connectivity index (χ4v) is 5.79. The van der Waals surface area contributed by atoms with E-state index in [1.807, 2.05) is 36.1 Å². The first-order valence-electron chi connectivity index (χ1n) is 9.68. The van der Waals surface area contributed by atoms with Crippen LogP contribution in [0.5, 0.6) is 0 Å². The molecule has 0 aromatic carbocycles. The average Bonchev–Trinajstić information content (AvgIpc) is 3.11. The normalized spacial score (nSPS) is 20.7. The lowest BCUT2D eigenvalue weighted by atomic mass is 9.86. The van der Waals surface area contributed by atoms with Crippen molar-refractivity contribution in [1.82, 2.24) is 15.2 Å². The van der Waals surface area contributed by atoms with Crippen LogP contribution in [0.25, 0.3) is 0 Å². The predicted molar refractivity (Wildman–Crippen MR) is 120 cm³/mol. The standard InChI is InChI=1S/C19H17ClN6O5S2/c1-25-6-4-8(5-7-25)32-10-3-2-9-11(17(28)26(9)14(10)18(29)30)22-16(27)13(24-31)12-15(20)33-19(21)23-12/h4-7,9,11,13H,2-3H2,1H3,(H3-,21,22,23,27,29,30)/p+1/t9?,11-,13?/m0/s1. The SMILES string of the molecule is C[n+]1ccc(SC2=C(C(=O)O)N3C(=O)[C@@H](NC(=O)C(N=O)c4nc(N)sc4Cl)C3CC2)cc1. The highest BCUT2D eigenvalue weighted by molar-refractivity contribution is 8.03. The van der Waals surface area contributed by atoms with Crippen molar-refractivity contribution in [1.29, 1.82) is 0 Å². The Morgan fingerprint density at radius 1 is 1.45 bits per heavy atom. The Morgan fingerprint density at radius 3 is 2.73 bits per heavy atom. The lowest BCUT2D eigenvalue weighted by Crippen LogP contribution is -2.71. The first kappa shape index (κ1) is 23.1. The largest absolute Gasteiger partial charge is 0.477 e. The number of aliphatic carboxylic acids is 1. The molecule has 0 aliphatic carbocycles. The van der Waals surface area contributed by atoms with Crippen molar-refractivity contribution in [2.75, 3.05) is 5.73 Å². The molecule has 2 aliphatic heterocycles. The molecular formula is C19H18ClN6O5S2+. The van der Waals surface area contributed by atoms with E-state index in [0.717, 1.165) is 16.2 Å². The number of nitrogens with zero attached hydrogens (tertiary/aromatic N) is 4. The molecule has 14 heteroatoms. The third-order valence-corrected chi connectivity index (χ3v) is 7.59. The zero-order valence-corrected chi connectivity index (χ0v) is 19.5. The Kier molecular flexibility index (Phi) is 6.36. The second-order valence-corrected chi connectivity index (χ2v) is 10.2. The van der Waals surface area contributed by atoms with E-state index in [1.165, 1.54) is 16.7 Å². The molecular weight excluding hydrogens is 492 g/mol. The van der Waals surface area contributed by atoms with Crippen LogP contribution in [0.1, 0.15) is 24.6 Å². The number of thioether (sulfide) groups is 1. The molecule has 4 heterocycles. The number of hydrogen-bond acceptors (Lipinski definition) is 9. The Morgan fingerprint density at radius 2 is 2.15 bits per heavy atom. The number of thiazole rings is 1. The number of aryl methyl sites for hydroxylation is 1. The smallest absolute Gasteiger partial charge is 0.353 e. The fourth-order valence-electron chi connectivity index (χ4n) is 3.78. The number of hydrogen-bond donors (Lipinski definition) is 3. The molecule has 0 bridgehead atoms. The summed E-state index contributed by atoms with van der Waals surface area (Å²) in [6.07, 6.45) is 4.54. The molecule has 4 rings (SSSR count). The third-order valence-electron chi connectivity index (χ3n) is 5.32. The minimum absolute atomic E-state index is 0.0544. The topological polar surface area (TPSA) is 159 Å². The maximum Gasteiger partial charge on any atom is 0.353 e. The van der Waals surface area contributed by atoms with Crippen molar-refractivity contribution in [3.63, 3.8) is 0 Å². The van der Waals surface area contributed by atoms with Gasteiger partial charge in [-0.05, 0) is 18.0 Å². The van der Waals surface area contributed by atoms with Gasteiger partial charge in [-0.25, -0.2) is 14.3 Å². The van der Waals surface area contributed by atoms with Gasteiger partial charge in [0.1, 0.15) is 28.8 Å². The van der Waals surface area contributed by atoms with Crippen molar-refractivity contribution in [2.24, 2.45) is 12.2 Å². The first-order chi connectivity index (χ1) is 15.7. The Hall–Kier alpha value is -3.03. The maximum atomic E-state index is 12.8. The number of anilines is 1. The van der Waals surface area contributed by atoms with Gasteiger partial charge in [0.05, 0.1) is 6.04 Å². The summed E-state index contributed by atoms with van der Waals surface area (Å²) in [5.74, 6) is -2.65. The number of β-lactam (4-membered cyclic amide) rings is 1. The number of carbonyl (C=O) groups is 3. The Labute approximate surface area is 200 Å². The summed E-state index contributed by atoms with van der Waals surface area (Å²) < 4.78 is 1.91. The minimum Gasteiger partial charge on any atom is -0.477 e. The number of rotatable bonds is 7. The molecule has 3 atom stereocenters. The number of nitrogens with two attached hydrogens (primary N) is 1. The summed E-state index contributed by atoms with van der Waals surface area (Å²) in [5.41, 5.74) is 5.38. The van der Waals surface area contributed by atoms with Crippen LogP contribution in [0.15, 0.2) is 45.2 Å². The first-order valence-corrected chi connectivity index (χ1v) is 11.7. The van der Waals surface area contributed by atoms with Gasteiger partial charge in [-0.15, -0.1) is 4.91 Å². The van der Waals surface area contributed by atoms with Crippen LogP contribution in [0.4, 0.5) is 5.13 Å². The van der Waals surface area contributed by atoms with E-state index < -0.39 is 35.9 Å². The number of carboxylic acid groups (broad SMARTS) is 1. The number of nitrogens with one attached hydrogen (secondary N) is 1. The summed E-state index contributed by atoms with van der Waals surface area (Å²) in [4.78, 5) is 55.3. The highest BCUT2D eigenvalue weighted by Crippen LogP contribution is 2.43. The molecule has 172 valence electrons. The number of nitroso groups, excluding NO2 is 1. The number of halogens is 1. The maximum absolute atomic E-state index is 12.8. The molecule has 11 nitrogen and oxygen atoms in total. The second kappa shape index (κ2) is 9.08. The van der Waals surface area contributed by atoms with Crippen LogP contribution in [0.2, 0.25) is 4.34 Å². The molecule has 2 unspecified atom stereocenters. The van der Waals surface area contributed by atoms with Crippen molar-refractivity contribution in [2.45, 2.75) is 35.9 Å². The Bertz CT molecular complexity index is 1180. The zero-order chi connectivity index (χ0) is 23.9. The third kappa shape index (κ3) is 4.30. The van der Waals surface area contributed by atoms with Crippen molar-refractivity contribution >= 4 is 57.6 Å². The predicted octanol–water partition coefficient (Wildman–Crippen LogP) is 1.59. The van der Waals surface area contributed by atoms with E-state index in [4.69, 9.17) is 17.3 Å². The minimum atomic E-state index is -1.57. The molecule has 0 saturated carbocycles. The molecule has 1 saturated heterocycles. The zero-order valence-electron chi connectivity index (χ0n) is 17.1. The van der Waals surface area contributed by atoms with Gasteiger partial charge in [0.15, 0.2) is 17.5 Å². The molecule has 2 aromatic heterocycles. The summed E-state index contributed by atoms with van der Waals surface area (Å²) in [6, 6.07) is 0.610. The average molecular weight is 510 g/mol. The van der Waals surface area contributed by atoms with Crippen molar-refractivity contribution < 1.29 is 24.1 Å². The number of allylic oxidation sites excluding steroid dienone is 1. The number of carboxylic acids is 1. The monoisotopic (exact) mass is 509 g/mol. The fraction of sp³-hybridized carbons (Fsp3) is 0.316. The van der Waals surface area contributed by atoms with E-state index in [1.54, 1.807) is 0 Å². The van der Waals surface area contributed by atoms with E-state index in [0.29, 0.717) is 17.7 Å². The van der Waals surface area contributed by atoms with Crippen molar-refractivity contribution in [3.05, 3.63) is 50.1 Å². The number of carbonyl (C=O) groups excluding carboxylic acids is 2. The number of amides is 2. The van der Waals surface area contributed by atoms with Crippen LogP contribution in [0.3, 0.4) is 0 Å². The second-order valence-electron chi connectivity index (χ2n) is 7.40. The van der Waals surface area contributed by atoms with Crippen molar-refractivity contribution in [3.8, 4) is 0 Å². The van der Waals surface area contributed by atoms with Gasteiger partial charge in [0.25, 0.3) is 11.8 Å². The van der Waals surface area contributed by atoms with Crippen LogP contribution in [-0.2, 0) is 21.4 Å². The van der Waals surface area contributed by atoms with E-state index >= 15 is 0 Å². The van der Waals surface area contributed by atoms with Gasteiger partial charge in [-0.1, -0.05) is 34.7 Å². The summed E-state index contributed by atoms with van der Waals surface area (Å²) >= 11 is 8.16. The van der Waals surface area contributed by atoms with Gasteiger partial charge in [-0.2, -0.15) is 0 Å².